The van der Waals surface area contributed by atoms with Crippen molar-refractivity contribution < 1.29 is 9.53 Å². The molecule has 0 N–H and O–H groups in total. The van der Waals surface area contributed by atoms with E-state index in [9.17, 15) is 4.79 Å². The standard InChI is InChI=1S/C12H12BrNO2/c1-3-8(7-14)12(15)10-6-9(16-2)4-5-11(10)13/h4-6,8H,3H2,1-2H3. The van der Waals surface area contributed by atoms with Gasteiger partial charge in [0.15, 0.2) is 5.78 Å². The third-order valence-electron chi connectivity index (χ3n) is 2.32. The molecule has 0 aliphatic rings. The van der Waals surface area contributed by atoms with Crippen molar-refractivity contribution in [1.29, 1.82) is 5.26 Å². The van der Waals surface area contributed by atoms with Gasteiger partial charge in [-0.3, -0.25) is 4.79 Å². The number of ketones is 1. The van der Waals surface area contributed by atoms with Crippen LogP contribution in [-0.2, 0) is 0 Å². The predicted molar refractivity (Wildman–Crippen MR) is 64.4 cm³/mol. The summed E-state index contributed by atoms with van der Waals surface area (Å²) in [6.45, 7) is 1.82. The summed E-state index contributed by atoms with van der Waals surface area (Å²) in [5, 5.41) is 8.86. The average molecular weight is 282 g/mol. The number of benzene rings is 1. The summed E-state index contributed by atoms with van der Waals surface area (Å²) in [6, 6.07) is 7.15. The van der Waals surface area contributed by atoms with Gasteiger partial charge in [-0.15, -0.1) is 0 Å². The van der Waals surface area contributed by atoms with Crippen molar-refractivity contribution in [2.45, 2.75) is 13.3 Å². The molecule has 0 heterocycles. The fourth-order valence-electron chi connectivity index (χ4n) is 1.34. The molecule has 0 aliphatic carbocycles. The normalized spacial score (nSPS) is 11.6. The van der Waals surface area contributed by atoms with Gasteiger partial charge < -0.3 is 4.74 Å². The third kappa shape index (κ3) is 2.61. The molecule has 16 heavy (non-hydrogen) atoms. The molecule has 1 aromatic rings. The predicted octanol–water partition coefficient (Wildman–Crippen LogP) is 3.19. The minimum atomic E-state index is -0.594. The van der Waals surface area contributed by atoms with Crippen molar-refractivity contribution in [2.24, 2.45) is 5.92 Å². The van der Waals surface area contributed by atoms with Gasteiger partial charge in [0.1, 0.15) is 11.7 Å². The van der Waals surface area contributed by atoms with Gasteiger partial charge in [0.2, 0.25) is 0 Å². The molecule has 1 rings (SSSR count). The van der Waals surface area contributed by atoms with E-state index in [0.29, 0.717) is 22.2 Å². The minimum Gasteiger partial charge on any atom is -0.497 e. The van der Waals surface area contributed by atoms with Crippen molar-refractivity contribution in [1.82, 2.24) is 0 Å². The molecule has 1 aromatic carbocycles. The van der Waals surface area contributed by atoms with Crippen LogP contribution in [0.1, 0.15) is 23.7 Å². The summed E-state index contributed by atoms with van der Waals surface area (Å²) < 4.78 is 5.74. The van der Waals surface area contributed by atoms with Crippen LogP contribution < -0.4 is 4.74 Å². The molecule has 0 fully saturated rings. The quantitative estimate of drug-likeness (QED) is 0.797. The van der Waals surface area contributed by atoms with Gasteiger partial charge in [0.25, 0.3) is 0 Å². The van der Waals surface area contributed by atoms with E-state index < -0.39 is 5.92 Å². The lowest BCUT2D eigenvalue weighted by molar-refractivity contribution is 0.0945. The maximum Gasteiger partial charge on any atom is 0.181 e. The van der Waals surface area contributed by atoms with E-state index in [-0.39, 0.29) is 5.78 Å². The van der Waals surface area contributed by atoms with Crippen molar-refractivity contribution in [2.75, 3.05) is 7.11 Å². The van der Waals surface area contributed by atoms with Crippen LogP contribution in [0.4, 0.5) is 0 Å². The second-order valence-corrected chi connectivity index (χ2v) is 4.15. The Hall–Kier alpha value is -1.34. The Labute approximate surface area is 103 Å². The zero-order valence-electron chi connectivity index (χ0n) is 9.16. The van der Waals surface area contributed by atoms with Crippen LogP contribution >= 0.6 is 15.9 Å². The second kappa shape index (κ2) is 5.66. The van der Waals surface area contributed by atoms with Crippen molar-refractivity contribution in [3.63, 3.8) is 0 Å². The van der Waals surface area contributed by atoms with Gasteiger partial charge >= 0.3 is 0 Å². The summed E-state index contributed by atoms with van der Waals surface area (Å²) in [5.74, 6) is -0.154. The van der Waals surface area contributed by atoms with E-state index in [0.717, 1.165) is 0 Å². The lowest BCUT2D eigenvalue weighted by Crippen LogP contribution is -2.12. The van der Waals surface area contributed by atoms with Gasteiger partial charge in [0.05, 0.1) is 13.2 Å². The molecular weight excluding hydrogens is 270 g/mol. The van der Waals surface area contributed by atoms with Crippen LogP contribution in [0.3, 0.4) is 0 Å². The number of hydrogen-bond acceptors (Lipinski definition) is 3. The first-order valence-electron chi connectivity index (χ1n) is 4.91. The number of nitrogens with zero attached hydrogens (tertiary/aromatic N) is 1. The van der Waals surface area contributed by atoms with Crippen molar-refractivity contribution in [3.8, 4) is 11.8 Å². The molecule has 3 nitrogen and oxygen atoms in total. The monoisotopic (exact) mass is 281 g/mol. The van der Waals surface area contributed by atoms with E-state index in [1.54, 1.807) is 25.3 Å². The summed E-state index contributed by atoms with van der Waals surface area (Å²) in [6.07, 6.45) is 0.513. The molecule has 0 spiro atoms. The lowest BCUT2D eigenvalue weighted by Gasteiger charge is -2.09. The van der Waals surface area contributed by atoms with E-state index >= 15 is 0 Å². The van der Waals surface area contributed by atoms with Gasteiger partial charge in [-0.1, -0.05) is 22.9 Å². The summed E-state index contributed by atoms with van der Waals surface area (Å²) in [7, 11) is 1.54. The van der Waals surface area contributed by atoms with Gasteiger partial charge in [-0.05, 0) is 24.6 Å². The molecule has 84 valence electrons. The maximum absolute atomic E-state index is 12.0. The number of methoxy groups -OCH3 is 1. The van der Waals surface area contributed by atoms with E-state index in [1.165, 1.54) is 0 Å². The van der Waals surface area contributed by atoms with Crippen LogP contribution in [0.2, 0.25) is 0 Å². The maximum atomic E-state index is 12.0. The van der Waals surface area contributed by atoms with E-state index in [1.807, 2.05) is 13.0 Å². The topological polar surface area (TPSA) is 50.1 Å². The number of halogens is 1. The Bertz CT molecular complexity index is 437. The number of carbonyl (C=O) groups excluding carboxylic acids is 1. The fraction of sp³-hybridized carbons (Fsp3) is 0.333. The van der Waals surface area contributed by atoms with Gasteiger partial charge in [-0.25, -0.2) is 0 Å². The molecule has 0 saturated carbocycles. The zero-order valence-corrected chi connectivity index (χ0v) is 10.7. The molecule has 0 amide bonds. The highest BCUT2D eigenvalue weighted by atomic mass is 79.9. The number of Topliss-reactive ketones (excluding diaryl/α,β-unsaturated/α-hetero) is 1. The minimum absolute atomic E-state index is 0.171. The highest BCUT2D eigenvalue weighted by Gasteiger charge is 2.20. The highest BCUT2D eigenvalue weighted by Crippen LogP contribution is 2.25. The number of carbonyl (C=O) groups is 1. The first kappa shape index (κ1) is 12.7. The molecule has 0 radical (unpaired) electrons. The fourth-order valence-corrected chi connectivity index (χ4v) is 1.79. The molecule has 0 aromatic heterocycles. The number of rotatable bonds is 4. The van der Waals surface area contributed by atoms with Crippen LogP contribution in [0.25, 0.3) is 0 Å². The molecular formula is C12H12BrNO2. The Morgan fingerprint density at radius 1 is 1.62 bits per heavy atom. The molecule has 4 heteroatoms. The van der Waals surface area contributed by atoms with E-state index in [4.69, 9.17) is 10.00 Å². The van der Waals surface area contributed by atoms with Crippen LogP contribution in [0.15, 0.2) is 22.7 Å². The molecule has 0 bridgehead atoms. The Morgan fingerprint density at radius 2 is 2.31 bits per heavy atom. The summed E-state index contributed by atoms with van der Waals surface area (Å²) in [5.41, 5.74) is 0.493. The largest absolute Gasteiger partial charge is 0.497 e. The Kier molecular flexibility index (Phi) is 4.51. The SMILES string of the molecule is CCC(C#N)C(=O)c1cc(OC)ccc1Br. The highest BCUT2D eigenvalue weighted by molar-refractivity contribution is 9.10. The lowest BCUT2D eigenvalue weighted by atomic mass is 9.96. The molecule has 1 unspecified atom stereocenters. The molecule has 0 saturated heterocycles. The van der Waals surface area contributed by atoms with Crippen LogP contribution in [0.5, 0.6) is 5.75 Å². The number of nitriles is 1. The molecule has 0 aliphatic heterocycles. The summed E-state index contributed by atoms with van der Waals surface area (Å²) in [4.78, 5) is 12.0. The number of ether oxygens (including phenoxy) is 1. The van der Waals surface area contributed by atoms with Gasteiger partial charge in [0, 0.05) is 10.0 Å². The van der Waals surface area contributed by atoms with E-state index in [2.05, 4.69) is 15.9 Å². The van der Waals surface area contributed by atoms with Crippen LogP contribution in [-0.4, -0.2) is 12.9 Å². The van der Waals surface area contributed by atoms with Crippen LogP contribution in [0, 0.1) is 17.2 Å². The van der Waals surface area contributed by atoms with Gasteiger partial charge in [-0.2, -0.15) is 5.26 Å². The smallest absolute Gasteiger partial charge is 0.181 e. The van der Waals surface area contributed by atoms with Crippen molar-refractivity contribution in [3.05, 3.63) is 28.2 Å². The van der Waals surface area contributed by atoms with Crippen molar-refractivity contribution >= 4 is 21.7 Å². The second-order valence-electron chi connectivity index (χ2n) is 3.30. The average Bonchev–Trinajstić information content (AvgIpc) is 2.31. The Morgan fingerprint density at radius 3 is 2.81 bits per heavy atom. The number of hydrogen-bond donors (Lipinski definition) is 0. The summed E-state index contributed by atoms with van der Waals surface area (Å²) >= 11 is 3.30. The first-order valence-corrected chi connectivity index (χ1v) is 5.70. The first-order chi connectivity index (χ1) is 7.63. The Balaban J connectivity index is 3.12. The third-order valence-corrected chi connectivity index (χ3v) is 3.01. The molecule has 1 atom stereocenters. The zero-order chi connectivity index (χ0) is 12.1.